The molecule has 0 spiro atoms. The lowest BCUT2D eigenvalue weighted by atomic mass is 10.1. The summed E-state index contributed by atoms with van der Waals surface area (Å²) in [6.07, 6.45) is 3.12. The number of nitrogens with two attached hydrogens (primary N) is 1. The molecule has 21 heavy (non-hydrogen) atoms. The number of aliphatic hydroxyl groups is 1. The van der Waals surface area contributed by atoms with Crippen molar-refractivity contribution in [1.29, 1.82) is 0 Å². The zero-order valence-electron chi connectivity index (χ0n) is 12.2. The van der Waals surface area contributed by atoms with Gasteiger partial charge in [0.05, 0.1) is 23.8 Å². The number of nitrogens with one attached hydrogen (secondary N) is 2. The number of aliphatic hydroxyl groups excluding tert-OH is 1. The molecule has 0 radical (unpaired) electrons. The number of hydrogen-bond acceptors (Lipinski definition) is 6. The van der Waals surface area contributed by atoms with E-state index >= 15 is 0 Å². The zero-order chi connectivity index (χ0) is 14.8. The smallest absolute Gasteiger partial charge is 0.141 e. The first-order chi connectivity index (χ1) is 10.2. The summed E-state index contributed by atoms with van der Waals surface area (Å²) >= 11 is 1.90. The minimum absolute atomic E-state index is 0.212. The van der Waals surface area contributed by atoms with Gasteiger partial charge in [-0.15, -0.1) is 0 Å². The highest BCUT2D eigenvalue weighted by molar-refractivity contribution is 7.99. The molecule has 0 amide bonds. The molecule has 2 aliphatic heterocycles. The van der Waals surface area contributed by atoms with Crippen molar-refractivity contribution in [2.24, 2.45) is 16.6 Å². The Kier molecular flexibility index (Phi) is 4.54. The van der Waals surface area contributed by atoms with Crippen molar-refractivity contribution in [2.45, 2.75) is 25.7 Å². The number of nitrogens with zero attached hydrogens (tertiary/aromatic N) is 2. The molecule has 1 aromatic rings. The standard InChI is InChI=1S/C14H23N5OS/c1-2-21-7-10-5-19(6-11(10)20)4-9-3-16-13-12(9)17-8-18-14(13)15/h3,8,10-11,14,16,20H,2,4-7,15H2,1H3,(H,17,18). The largest absolute Gasteiger partial charge is 0.391 e. The Labute approximate surface area is 129 Å². The molecule has 3 heterocycles. The SMILES string of the molecule is CCSCC1CN(Cc2c[nH]c3c2NC=NC3N)CC1O. The van der Waals surface area contributed by atoms with Gasteiger partial charge in [-0.25, -0.2) is 0 Å². The molecule has 7 heteroatoms. The van der Waals surface area contributed by atoms with Crippen LogP contribution in [-0.2, 0) is 6.54 Å². The summed E-state index contributed by atoms with van der Waals surface area (Å²) in [5, 5.41) is 13.4. The predicted octanol–water partition coefficient (Wildman–Crippen LogP) is 0.972. The molecule has 1 aromatic heterocycles. The maximum atomic E-state index is 10.2. The van der Waals surface area contributed by atoms with Crippen molar-refractivity contribution < 1.29 is 5.11 Å². The van der Waals surface area contributed by atoms with Gasteiger partial charge in [0.25, 0.3) is 0 Å². The molecule has 0 bridgehead atoms. The summed E-state index contributed by atoms with van der Waals surface area (Å²) in [7, 11) is 0. The van der Waals surface area contributed by atoms with Crippen LogP contribution in [0.15, 0.2) is 11.2 Å². The summed E-state index contributed by atoms with van der Waals surface area (Å²) in [5.41, 5.74) is 9.10. The van der Waals surface area contributed by atoms with E-state index in [-0.39, 0.29) is 12.3 Å². The van der Waals surface area contributed by atoms with Crippen molar-refractivity contribution >= 4 is 23.8 Å². The summed E-state index contributed by atoms with van der Waals surface area (Å²) in [4.78, 5) is 9.65. The number of β-amino-alcohol motifs (C(OH)–C–C–N with tert-alkyl or cyclic N) is 1. The van der Waals surface area contributed by atoms with E-state index in [1.807, 2.05) is 18.0 Å². The van der Waals surface area contributed by atoms with Crippen LogP contribution in [-0.4, -0.2) is 52.0 Å². The fraction of sp³-hybridized carbons (Fsp3) is 0.643. The summed E-state index contributed by atoms with van der Waals surface area (Å²) in [6, 6.07) is 0. The van der Waals surface area contributed by atoms with Crippen molar-refractivity contribution in [3.63, 3.8) is 0 Å². The predicted molar refractivity (Wildman–Crippen MR) is 87.6 cm³/mol. The molecule has 5 N–H and O–H groups in total. The van der Waals surface area contributed by atoms with Gasteiger partial charge in [0.2, 0.25) is 0 Å². The Morgan fingerprint density at radius 2 is 2.38 bits per heavy atom. The van der Waals surface area contributed by atoms with Crippen LogP contribution >= 0.6 is 11.8 Å². The molecule has 3 unspecified atom stereocenters. The van der Waals surface area contributed by atoms with Crippen LogP contribution in [0, 0.1) is 5.92 Å². The first kappa shape index (κ1) is 14.9. The number of anilines is 1. The van der Waals surface area contributed by atoms with E-state index < -0.39 is 0 Å². The highest BCUT2D eigenvalue weighted by atomic mass is 32.2. The van der Waals surface area contributed by atoms with Gasteiger partial charge in [0, 0.05) is 37.3 Å². The molecule has 6 nitrogen and oxygen atoms in total. The Hall–Kier alpha value is -1.02. The first-order valence-corrected chi connectivity index (χ1v) is 8.56. The van der Waals surface area contributed by atoms with E-state index in [2.05, 4.69) is 27.1 Å². The minimum atomic E-state index is -0.312. The lowest BCUT2D eigenvalue weighted by Crippen LogP contribution is -2.22. The summed E-state index contributed by atoms with van der Waals surface area (Å²) in [5.74, 6) is 2.52. The molecule has 3 atom stereocenters. The number of H-pyrrole nitrogens is 1. The maximum Gasteiger partial charge on any atom is 0.141 e. The average Bonchev–Trinajstić information content (AvgIpc) is 3.02. The average molecular weight is 309 g/mol. The molecule has 0 aromatic carbocycles. The van der Waals surface area contributed by atoms with E-state index in [9.17, 15) is 5.11 Å². The number of fused-ring (bicyclic) bond motifs is 1. The number of aromatic nitrogens is 1. The van der Waals surface area contributed by atoms with Crippen LogP contribution in [0.2, 0.25) is 0 Å². The Morgan fingerprint density at radius 1 is 1.52 bits per heavy atom. The van der Waals surface area contributed by atoms with Crippen molar-refractivity contribution in [3.8, 4) is 0 Å². The molecule has 1 fully saturated rings. The molecular formula is C14H23N5OS. The van der Waals surface area contributed by atoms with Gasteiger partial charge in [-0.1, -0.05) is 6.92 Å². The van der Waals surface area contributed by atoms with E-state index in [4.69, 9.17) is 5.73 Å². The normalized spacial score (nSPS) is 28.6. The van der Waals surface area contributed by atoms with E-state index in [0.717, 1.165) is 42.5 Å². The van der Waals surface area contributed by atoms with Crippen molar-refractivity contribution in [1.82, 2.24) is 9.88 Å². The highest BCUT2D eigenvalue weighted by Crippen LogP contribution is 2.30. The van der Waals surface area contributed by atoms with Gasteiger partial charge in [0.15, 0.2) is 0 Å². The quantitative estimate of drug-likeness (QED) is 0.651. The first-order valence-electron chi connectivity index (χ1n) is 7.41. The fourth-order valence-electron chi connectivity index (χ4n) is 3.01. The van der Waals surface area contributed by atoms with Gasteiger partial charge in [0.1, 0.15) is 6.17 Å². The maximum absolute atomic E-state index is 10.2. The second kappa shape index (κ2) is 6.39. The van der Waals surface area contributed by atoms with Crippen LogP contribution in [0.3, 0.4) is 0 Å². The highest BCUT2D eigenvalue weighted by Gasteiger charge is 2.31. The molecular weight excluding hydrogens is 286 g/mol. The van der Waals surface area contributed by atoms with Crippen LogP contribution in [0.4, 0.5) is 5.69 Å². The minimum Gasteiger partial charge on any atom is -0.391 e. The van der Waals surface area contributed by atoms with E-state index in [0.29, 0.717) is 5.92 Å². The number of thioether (sulfide) groups is 1. The molecule has 3 rings (SSSR count). The number of aromatic amines is 1. The summed E-state index contributed by atoms with van der Waals surface area (Å²) < 4.78 is 0. The Bertz CT molecular complexity index is 517. The molecule has 2 aliphatic rings. The van der Waals surface area contributed by atoms with Crippen LogP contribution < -0.4 is 11.1 Å². The van der Waals surface area contributed by atoms with Crippen LogP contribution in [0.5, 0.6) is 0 Å². The topological polar surface area (TPSA) is 89.7 Å². The molecule has 0 saturated carbocycles. The number of rotatable bonds is 5. The monoisotopic (exact) mass is 309 g/mol. The molecule has 1 saturated heterocycles. The third-order valence-corrected chi connectivity index (χ3v) is 5.22. The Morgan fingerprint density at radius 3 is 3.19 bits per heavy atom. The third-order valence-electron chi connectivity index (χ3n) is 4.14. The van der Waals surface area contributed by atoms with Gasteiger partial charge in [-0.05, 0) is 11.5 Å². The van der Waals surface area contributed by atoms with Crippen LogP contribution in [0.1, 0.15) is 24.3 Å². The Balaban J connectivity index is 1.63. The van der Waals surface area contributed by atoms with Crippen LogP contribution in [0.25, 0.3) is 0 Å². The zero-order valence-corrected chi connectivity index (χ0v) is 13.1. The van der Waals surface area contributed by atoms with Gasteiger partial charge < -0.3 is 21.1 Å². The third kappa shape index (κ3) is 3.11. The van der Waals surface area contributed by atoms with E-state index in [1.54, 1.807) is 6.34 Å². The lowest BCUT2D eigenvalue weighted by Gasteiger charge is -2.18. The molecule has 0 aliphatic carbocycles. The molecule has 116 valence electrons. The van der Waals surface area contributed by atoms with Gasteiger partial charge >= 0.3 is 0 Å². The van der Waals surface area contributed by atoms with Gasteiger partial charge in [-0.2, -0.15) is 11.8 Å². The number of hydrogen-bond donors (Lipinski definition) is 4. The van der Waals surface area contributed by atoms with Crippen molar-refractivity contribution in [3.05, 3.63) is 17.5 Å². The number of aliphatic imine (C=N–C) groups is 1. The second-order valence-electron chi connectivity index (χ2n) is 5.65. The van der Waals surface area contributed by atoms with Crippen molar-refractivity contribution in [2.75, 3.05) is 29.9 Å². The summed E-state index contributed by atoms with van der Waals surface area (Å²) in [6.45, 7) is 4.68. The fourth-order valence-corrected chi connectivity index (χ4v) is 3.88. The van der Waals surface area contributed by atoms with Gasteiger partial charge in [-0.3, -0.25) is 9.89 Å². The van der Waals surface area contributed by atoms with E-state index in [1.165, 1.54) is 5.56 Å². The lowest BCUT2D eigenvalue weighted by molar-refractivity contribution is 0.149. The second-order valence-corrected chi connectivity index (χ2v) is 6.97. The number of likely N-dealkylation sites (tertiary alicyclic amines) is 1.